The molecule has 4 atom stereocenters. The highest BCUT2D eigenvalue weighted by Gasteiger charge is 2.30. The van der Waals surface area contributed by atoms with Crippen molar-refractivity contribution in [1.29, 1.82) is 0 Å². The number of para-hydroxylation sites is 1. The Morgan fingerprint density at radius 1 is 1.48 bits per heavy atom. The van der Waals surface area contributed by atoms with Crippen molar-refractivity contribution in [3.63, 3.8) is 0 Å². The van der Waals surface area contributed by atoms with E-state index >= 15 is 0 Å². The fourth-order valence-corrected chi connectivity index (χ4v) is 3.06. The van der Waals surface area contributed by atoms with Crippen molar-refractivity contribution in [2.45, 2.75) is 25.7 Å². The topological polar surface area (TPSA) is 82.8 Å². The molecule has 3 N–H and O–H groups in total. The molecular formula is C14H21N2O4P. The molecule has 21 heavy (non-hydrogen) atoms. The largest absolute Gasteiger partial charge is 0.436 e. The van der Waals surface area contributed by atoms with Gasteiger partial charge in [0, 0.05) is 0 Å². The van der Waals surface area contributed by atoms with Crippen LogP contribution < -0.4 is 15.3 Å². The molecule has 1 saturated heterocycles. The number of ether oxygens (including phenoxy) is 1. The summed E-state index contributed by atoms with van der Waals surface area (Å²) in [7, 11) is -1.39. The molecule has 116 valence electrons. The fraction of sp³-hybridized carbons (Fsp3) is 0.500. The summed E-state index contributed by atoms with van der Waals surface area (Å²) in [6, 6.07) is 9.34. The molecule has 0 spiro atoms. The minimum Gasteiger partial charge on any atom is -0.436 e. The average Bonchev–Trinajstić information content (AvgIpc) is 2.82. The second-order valence-electron chi connectivity index (χ2n) is 4.92. The summed E-state index contributed by atoms with van der Waals surface area (Å²) >= 11 is 0. The second-order valence-corrected chi connectivity index (χ2v) is 6.19. The molecule has 2 rings (SSSR count). The average molecular weight is 312 g/mol. The van der Waals surface area contributed by atoms with Crippen molar-refractivity contribution in [2.75, 3.05) is 13.2 Å². The Bertz CT molecular complexity index is 424. The fourth-order valence-electron chi connectivity index (χ4n) is 2.01. The number of nitrogens with two attached hydrogens (primary N) is 1. The lowest BCUT2D eigenvalue weighted by Crippen LogP contribution is -2.26. The van der Waals surface area contributed by atoms with Crippen molar-refractivity contribution in [2.24, 2.45) is 11.7 Å². The number of hydrogen-bond donors (Lipinski definition) is 2. The highest BCUT2D eigenvalue weighted by atomic mass is 31.2. The highest BCUT2D eigenvalue weighted by molar-refractivity contribution is 7.45. The normalized spacial score (nSPS) is 26.5. The van der Waals surface area contributed by atoms with Gasteiger partial charge in [0.25, 0.3) is 0 Å². The zero-order valence-corrected chi connectivity index (χ0v) is 12.9. The first-order chi connectivity index (χ1) is 10.2. The predicted molar refractivity (Wildman–Crippen MR) is 80.6 cm³/mol. The number of aldehydes is 1. The minimum absolute atomic E-state index is 0.0302. The quantitative estimate of drug-likeness (QED) is 0.563. The van der Waals surface area contributed by atoms with Gasteiger partial charge in [0.15, 0.2) is 0 Å². The summed E-state index contributed by atoms with van der Waals surface area (Å²) in [5, 5.41) is 2.93. The number of rotatable bonds is 8. The minimum atomic E-state index is -1.39. The molecule has 1 heterocycles. The summed E-state index contributed by atoms with van der Waals surface area (Å²) < 4.78 is 17.0. The standard InChI is InChI=1S/C14H21N2O4P/c1-11-9-13(19-14(11)15)10-18-21(16-7-8-17)20-12-5-3-2-4-6-12/h2-6,8,11,13-14,16H,7,9-10,15H2,1H3. The van der Waals surface area contributed by atoms with Crippen LogP contribution in [0.1, 0.15) is 13.3 Å². The number of nitrogens with one attached hydrogen (secondary N) is 1. The Morgan fingerprint density at radius 2 is 2.24 bits per heavy atom. The van der Waals surface area contributed by atoms with Gasteiger partial charge in [0.05, 0.1) is 19.3 Å². The van der Waals surface area contributed by atoms with Crippen LogP contribution in [0.3, 0.4) is 0 Å². The van der Waals surface area contributed by atoms with E-state index in [4.69, 9.17) is 19.5 Å². The summed E-state index contributed by atoms with van der Waals surface area (Å²) in [6.07, 6.45) is 1.38. The first-order valence-electron chi connectivity index (χ1n) is 6.93. The lowest BCUT2D eigenvalue weighted by molar-refractivity contribution is -0.106. The summed E-state index contributed by atoms with van der Waals surface area (Å²) in [5.41, 5.74) is 5.81. The van der Waals surface area contributed by atoms with E-state index in [1.165, 1.54) is 0 Å². The SMILES string of the molecule is CC1CC(COP(NCC=O)Oc2ccccc2)OC1N. The highest BCUT2D eigenvalue weighted by Crippen LogP contribution is 2.36. The van der Waals surface area contributed by atoms with Gasteiger partial charge >= 0.3 is 8.53 Å². The summed E-state index contributed by atoms with van der Waals surface area (Å²) in [5.74, 6) is 1.02. The molecule has 1 aromatic carbocycles. The maximum absolute atomic E-state index is 10.5. The van der Waals surface area contributed by atoms with Crippen LogP contribution in [0.25, 0.3) is 0 Å². The predicted octanol–water partition coefficient (Wildman–Crippen LogP) is 1.81. The molecule has 1 fully saturated rings. The van der Waals surface area contributed by atoms with E-state index in [1.807, 2.05) is 30.3 Å². The van der Waals surface area contributed by atoms with Crippen LogP contribution in [0, 0.1) is 5.92 Å². The van der Waals surface area contributed by atoms with Gasteiger partial charge in [-0.2, -0.15) is 0 Å². The zero-order chi connectivity index (χ0) is 15.1. The molecule has 0 bridgehead atoms. The third-order valence-electron chi connectivity index (χ3n) is 3.16. The van der Waals surface area contributed by atoms with E-state index in [9.17, 15) is 4.79 Å². The van der Waals surface area contributed by atoms with Gasteiger partial charge in [0.1, 0.15) is 18.3 Å². The Balaban J connectivity index is 1.83. The molecular weight excluding hydrogens is 291 g/mol. The van der Waals surface area contributed by atoms with Gasteiger partial charge in [-0.15, -0.1) is 0 Å². The molecule has 0 aromatic heterocycles. The second kappa shape index (κ2) is 8.41. The molecule has 6 nitrogen and oxygen atoms in total. The molecule has 7 heteroatoms. The Morgan fingerprint density at radius 3 is 2.86 bits per heavy atom. The maximum atomic E-state index is 10.5. The van der Waals surface area contributed by atoms with Crippen molar-refractivity contribution in [3.8, 4) is 5.75 Å². The van der Waals surface area contributed by atoms with E-state index in [0.717, 1.165) is 12.7 Å². The van der Waals surface area contributed by atoms with Crippen LogP contribution in [-0.2, 0) is 14.1 Å². The van der Waals surface area contributed by atoms with Crippen LogP contribution in [0.2, 0.25) is 0 Å². The molecule has 0 amide bonds. The summed E-state index contributed by atoms with van der Waals surface area (Å²) in [6.45, 7) is 2.63. The molecule has 1 aliphatic heterocycles. The van der Waals surface area contributed by atoms with Crippen LogP contribution in [0.4, 0.5) is 0 Å². The van der Waals surface area contributed by atoms with Gasteiger partial charge in [0.2, 0.25) is 0 Å². The smallest absolute Gasteiger partial charge is 0.318 e. The first-order valence-corrected chi connectivity index (χ1v) is 8.11. The third-order valence-corrected chi connectivity index (χ3v) is 4.36. The number of carbonyl (C=O) groups is 1. The van der Waals surface area contributed by atoms with E-state index in [0.29, 0.717) is 18.3 Å². The van der Waals surface area contributed by atoms with Crippen LogP contribution in [-0.4, -0.2) is 31.8 Å². The third kappa shape index (κ3) is 5.34. The molecule has 0 radical (unpaired) electrons. The zero-order valence-electron chi connectivity index (χ0n) is 12.0. The Labute approximate surface area is 125 Å². The number of hydrogen-bond acceptors (Lipinski definition) is 6. The molecule has 0 saturated carbocycles. The Kier molecular flexibility index (Phi) is 6.54. The summed E-state index contributed by atoms with van der Waals surface area (Å²) in [4.78, 5) is 10.5. The van der Waals surface area contributed by atoms with Crippen LogP contribution >= 0.6 is 8.53 Å². The maximum Gasteiger partial charge on any atom is 0.318 e. The monoisotopic (exact) mass is 312 g/mol. The lowest BCUT2D eigenvalue weighted by Gasteiger charge is -2.19. The molecule has 1 aliphatic rings. The van der Waals surface area contributed by atoms with Gasteiger partial charge in [-0.05, 0) is 24.5 Å². The number of carbonyl (C=O) groups excluding carboxylic acids is 1. The van der Waals surface area contributed by atoms with Gasteiger partial charge in [-0.25, -0.2) is 5.09 Å². The Hall–Kier alpha value is -1.04. The van der Waals surface area contributed by atoms with Gasteiger partial charge in [-0.3, -0.25) is 0 Å². The van der Waals surface area contributed by atoms with Crippen LogP contribution in [0.15, 0.2) is 30.3 Å². The van der Waals surface area contributed by atoms with Gasteiger partial charge < -0.3 is 24.3 Å². The van der Waals surface area contributed by atoms with Crippen LogP contribution in [0.5, 0.6) is 5.75 Å². The van der Waals surface area contributed by atoms with E-state index in [2.05, 4.69) is 12.0 Å². The van der Waals surface area contributed by atoms with E-state index < -0.39 is 8.53 Å². The molecule has 1 aromatic rings. The molecule has 0 aliphatic carbocycles. The van der Waals surface area contributed by atoms with Crippen molar-refractivity contribution < 1.29 is 18.6 Å². The van der Waals surface area contributed by atoms with Gasteiger partial charge in [-0.1, -0.05) is 25.1 Å². The van der Waals surface area contributed by atoms with Crippen molar-refractivity contribution in [1.82, 2.24) is 5.09 Å². The number of benzene rings is 1. The molecule has 4 unspecified atom stereocenters. The van der Waals surface area contributed by atoms with Crippen molar-refractivity contribution >= 4 is 14.8 Å². The lowest BCUT2D eigenvalue weighted by atomic mass is 10.1. The van der Waals surface area contributed by atoms with Crippen molar-refractivity contribution in [3.05, 3.63) is 30.3 Å². The first kappa shape index (κ1) is 16.3. The van der Waals surface area contributed by atoms with E-state index in [-0.39, 0.29) is 18.9 Å². The van der Waals surface area contributed by atoms with E-state index in [1.54, 1.807) is 0 Å².